The van der Waals surface area contributed by atoms with E-state index in [1.54, 1.807) is 0 Å². The Morgan fingerprint density at radius 1 is 1.31 bits per heavy atom. The predicted octanol–water partition coefficient (Wildman–Crippen LogP) is 1.19. The molecule has 0 aromatic heterocycles. The van der Waals surface area contributed by atoms with Gasteiger partial charge in [-0.2, -0.15) is 0 Å². The zero-order valence-electron chi connectivity index (χ0n) is 7.91. The van der Waals surface area contributed by atoms with Gasteiger partial charge in [0.2, 0.25) is 0 Å². The average Bonchev–Trinajstić information content (AvgIpc) is 2.58. The van der Waals surface area contributed by atoms with Crippen molar-refractivity contribution < 1.29 is 9.90 Å². The third-order valence-electron chi connectivity index (χ3n) is 3.44. The third-order valence-corrected chi connectivity index (χ3v) is 3.44. The number of nitrogens with zero attached hydrogens (tertiary/aromatic N) is 1. The third kappa shape index (κ3) is 2.02. The molecule has 1 saturated heterocycles. The van der Waals surface area contributed by atoms with Crippen LogP contribution in [0.1, 0.15) is 25.7 Å². The van der Waals surface area contributed by atoms with E-state index < -0.39 is 5.97 Å². The van der Waals surface area contributed by atoms with Crippen molar-refractivity contribution in [2.24, 2.45) is 11.8 Å². The van der Waals surface area contributed by atoms with Gasteiger partial charge >= 0.3 is 5.97 Å². The molecule has 2 aliphatic rings. The van der Waals surface area contributed by atoms with Crippen molar-refractivity contribution >= 4 is 5.97 Å². The highest BCUT2D eigenvalue weighted by Crippen LogP contribution is 2.37. The maximum atomic E-state index is 10.4. The van der Waals surface area contributed by atoms with E-state index in [1.165, 1.54) is 19.3 Å². The van der Waals surface area contributed by atoms with Crippen molar-refractivity contribution in [3.8, 4) is 0 Å². The molecule has 0 amide bonds. The zero-order valence-corrected chi connectivity index (χ0v) is 7.91. The molecular weight excluding hydrogens is 166 g/mol. The number of carboxylic acid groups (broad SMARTS) is 1. The Bertz CT molecular complexity index is 193. The van der Waals surface area contributed by atoms with Gasteiger partial charge in [-0.1, -0.05) is 6.42 Å². The minimum atomic E-state index is -0.669. The minimum Gasteiger partial charge on any atom is -0.481 e. The lowest BCUT2D eigenvalue weighted by Gasteiger charge is -2.14. The van der Waals surface area contributed by atoms with Crippen molar-refractivity contribution in [3.63, 3.8) is 0 Å². The minimum absolute atomic E-state index is 0.305. The van der Waals surface area contributed by atoms with Crippen LogP contribution >= 0.6 is 0 Å². The summed E-state index contributed by atoms with van der Waals surface area (Å²) in [6.07, 6.45) is 4.43. The maximum Gasteiger partial charge on any atom is 0.304 e. The molecule has 2 atom stereocenters. The lowest BCUT2D eigenvalue weighted by Crippen LogP contribution is -2.24. The Kier molecular flexibility index (Phi) is 2.54. The molecule has 0 spiro atoms. The molecule has 0 radical (unpaired) electrons. The summed E-state index contributed by atoms with van der Waals surface area (Å²) in [5.41, 5.74) is 0. The van der Waals surface area contributed by atoms with Crippen LogP contribution in [0, 0.1) is 11.8 Å². The Hall–Kier alpha value is -0.570. The van der Waals surface area contributed by atoms with Gasteiger partial charge in [-0.25, -0.2) is 0 Å². The van der Waals surface area contributed by atoms with E-state index in [0.717, 1.165) is 31.5 Å². The molecule has 3 heteroatoms. The molecule has 2 unspecified atom stereocenters. The van der Waals surface area contributed by atoms with E-state index >= 15 is 0 Å². The number of carbonyl (C=O) groups is 1. The summed E-state index contributed by atoms with van der Waals surface area (Å²) in [6.45, 7) is 3.05. The van der Waals surface area contributed by atoms with E-state index in [0.29, 0.717) is 6.42 Å². The molecule has 74 valence electrons. The van der Waals surface area contributed by atoms with Crippen molar-refractivity contribution in [2.75, 3.05) is 19.6 Å². The number of carboxylic acids is 1. The van der Waals surface area contributed by atoms with Crippen LogP contribution in [-0.2, 0) is 4.79 Å². The normalized spacial score (nSPS) is 33.5. The molecule has 0 bridgehead atoms. The summed E-state index contributed by atoms with van der Waals surface area (Å²) in [5.74, 6) is 1.10. The van der Waals surface area contributed by atoms with Crippen LogP contribution in [0.15, 0.2) is 0 Å². The summed E-state index contributed by atoms with van der Waals surface area (Å²) in [6, 6.07) is 0. The second kappa shape index (κ2) is 3.66. The molecule has 2 rings (SSSR count). The van der Waals surface area contributed by atoms with Crippen molar-refractivity contribution in [2.45, 2.75) is 25.7 Å². The van der Waals surface area contributed by atoms with Crippen LogP contribution < -0.4 is 0 Å². The quantitative estimate of drug-likeness (QED) is 0.714. The SMILES string of the molecule is O=C(O)CCN1CC2CCCC2C1. The summed E-state index contributed by atoms with van der Waals surface area (Å²) in [4.78, 5) is 12.7. The molecule has 2 fully saturated rings. The highest BCUT2D eigenvalue weighted by atomic mass is 16.4. The maximum absolute atomic E-state index is 10.4. The fourth-order valence-corrected chi connectivity index (χ4v) is 2.77. The highest BCUT2D eigenvalue weighted by Gasteiger charge is 2.35. The number of aliphatic carboxylic acids is 1. The number of fused-ring (bicyclic) bond motifs is 1. The molecule has 0 aromatic rings. The number of hydrogen-bond acceptors (Lipinski definition) is 2. The smallest absolute Gasteiger partial charge is 0.304 e. The predicted molar refractivity (Wildman–Crippen MR) is 49.5 cm³/mol. The molecule has 1 aliphatic heterocycles. The topological polar surface area (TPSA) is 40.5 Å². The molecular formula is C10H17NO2. The van der Waals surface area contributed by atoms with E-state index in [4.69, 9.17) is 5.11 Å². The Labute approximate surface area is 78.7 Å². The number of rotatable bonds is 3. The van der Waals surface area contributed by atoms with E-state index in [2.05, 4.69) is 4.90 Å². The molecule has 1 saturated carbocycles. The first kappa shape index (κ1) is 9.00. The summed E-state index contributed by atoms with van der Waals surface area (Å²) in [5, 5.41) is 8.55. The van der Waals surface area contributed by atoms with Gasteiger partial charge in [0.15, 0.2) is 0 Å². The first-order valence-electron chi connectivity index (χ1n) is 5.20. The first-order chi connectivity index (χ1) is 6.25. The Balaban J connectivity index is 1.75. The van der Waals surface area contributed by atoms with Crippen LogP contribution in [-0.4, -0.2) is 35.6 Å². The average molecular weight is 183 g/mol. The van der Waals surface area contributed by atoms with Crippen LogP contribution in [0.4, 0.5) is 0 Å². The van der Waals surface area contributed by atoms with E-state index in [1.807, 2.05) is 0 Å². The van der Waals surface area contributed by atoms with Gasteiger partial charge in [-0.05, 0) is 24.7 Å². The monoisotopic (exact) mass is 183 g/mol. The Morgan fingerprint density at radius 2 is 1.92 bits per heavy atom. The summed E-state index contributed by atoms with van der Waals surface area (Å²) >= 11 is 0. The van der Waals surface area contributed by atoms with Crippen molar-refractivity contribution in [3.05, 3.63) is 0 Å². The van der Waals surface area contributed by atoms with Gasteiger partial charge in [-0.15, -0.1) is 0 Å². The van der Waals surface area contributed by atoms with E-state index in [-0.39, 0.29) is 0 Å². The van der Waals surface area contributed by atoms with Crippen LogP contribution in [0.3, 0.4) is 0 Å². The first-order valence-corrected chi connectivity index (χ1v) is 5.20. The van der Waals surface area contributed by atoms with Gasteiger partial charge in [0, 0.05) is 19.6 Å². The Morgan fingerprint density at radius 3 is 2.46 bits per heavy atom. The number of likely N-dealkylation sites (tertiary alicyclic amines) is 1. The second-order valence-corrected chi connectivity index (χ2v) is 4.35. The van der Waals surface area contributed by atoms with Gasteiger partial charge < -0.3 is 10.0 Å². The van der Waals surface area contributed by atoms with E-state index in [9.17, 15) is 4.79 Å². The fraction of sp³-hybridized carbons (Fsp3) is 0.900. The molecule has 13 heavy (non-hydrogen) atoms. The zero-order chi connectivity index (χ0) is 9.26. The highest BCUT2D eigenvalue weighted by molar-refractivity contribution is 5.66. The summed E-state index contributed by atoms with van der Waals surface area (Å²) < 4.78 is 0. The standard InChI is InChI=1S/C10H17NO2/c12-10(13)4-5-11-6-8-2-1-3-9(8)7-11/h8-9H,1-7H2,(H,12,13). The van der Waals surface area contributed by atoms with Crippen LogP contribution in [0.2, 0.25) is 0 Å². The molecule has 1 aliphatic carbocycles. The van der Waals surface area contributed by atoms with Gasteiger partial charge in [0.1, 0.15) is 0 Å². The van der Waals surface area contributed by atoms with Gasteiger partial charge in [-0.3, -0.25) is 4.79 Å². The second-order valence-electron chi connectivity index (χ2n) is 4.35. The van der Waals surface area contributed by atoms with Crippen molar-refractivity contribution in [1.29, 1.82) is 0 Å². The van der Waals surface area contributed by atoms with Crippen LogP contribution in [0.5, 0.6) is 0 Å². The van der Waals surface area contributed by atoms with Gasteiger partial charge in [0.25, 0.3) is 0 Å². The molecule has 3 nitrogen and oxygen atoms in total. The van der Waals surface area contributed by atoms with Crippen molar-refractivity contribution in [1.82, 2.24) is 4.90 Å². The molecule has 1 N–H and O–H groups in total. The number of hydrogen-bond donors (Lipinski definition) is 1. The largest absolute Gasteiger partial charge is 0.481 e. The summed E-state index contributed by atoms with van der Waals surface area (Å²) in [7, 11) is 0. The lowest BCUT2D eigenvalue weighted by atomic mass is 10.0. The molecule has 0 aromatic carbocycles. The molecule has 1 heterocycles. The van der Waals surface area contributed by atoms with Gasteiger partial charge in [0.05, 0.1) is 6.42 Å². The lowest BCUT2D eigenvalue weighted by molar-refractivity contribution is -0.137. The fourth-order valence-electron chi connectivity index (χ4n) is 2.77. The van der Waals surface area contributed by atoms with Crippen LogP contribution in [0.25, 0.3) is 0 Å².